The molecule has 4 heterocycles. The number of hydrogen-bond donors (Lipinski definition) is 2. The van der Waals surface area contributed by atoms with Gasteiger partial charge in [-0.25, -0.2) is 4.98 Å². The van der Waals surface area contributed by atoms with E-state index in [-0.39, 0.29) is 5.54 Å². The third-order valence-corrected chi connectivity index (χ3v) is 7.40. The average molecular weight is 370 g/mol. The molecular formula is C21H31N5O. The van der Waals surface area contributed by atoms with Gasteiger partial charge in [0, 0.05) is 44.2 Å². The van der Waals surface area contributed by atoms with Crippen molar-refractivity contribution in [2.45, 2.75) is 38.6 Å². The van der Waals surface area contributed by atoms with Crippen LogP contribution in [0.4, 0.5) is 0 Å². The third-order valence-electron chi connectivity index (χ3n) is 7.40. The Labute approximate surface area is 161 Å². The topological polar surface area (TPSA) is 64.3 Å². The fourth-order valence-corrected chi connectivity index (χ4v) is 5.73. The first kappa shape index (κ1) is 17.4. The zero-order valence-electron chi connectivity index (χ0n) is 16.5. The Morgan fingerprint density at radius 2 is 2.00 bits per heavy atom. The number of nitrogens with zero attached hydrogens (tertiary/aromatic N) is 3. The van der Waals surface area contributed by atoms with E-state index in [2.05, 4.69) is 40.0 Å². The first-order chi connectivity index (χ1) is 13.1. The van der Waals surface area contributed by atoms with Crippen LogP contribution in [0.3, 0.4) is 0 Å². The van der Waals surface area contributed by atoms with Gasteiger partial charge in [-0.3, -0.25) is 9.69 Å². The van der Waals surface area contributed by atoms with Gasteiger partial charge in [-0.1, -0.05) is 11.6 Å². The Hall–Kier alpha value is -1.66. The van der Waals surface area contributed by atoms with Crippen LogP contribution in [0.5, 0.6) is 0 Å². The van der Waals surface area contributed by atoms with Crippen LogP contribution in [0.1, 0.15) is 38.1 Å². The maximum Gasteiger partial charge on any atom is 0.226 e. The molecule has 2 N–H and O–H groups in total. The van der Waals surface area contributed by atoms with E-state index in [1.54, 1.807) is 0 Å². The lowest BCUT2D eigenvalue weighted by atomic mass is 9.78. The molecule has 27 heavy (non-hydrogen) atoms. The van der Waals surface area contributed by atoms with E-state index in [9.17, 15) is 4.79 Å². The lowest BCUT2D eigenvalue weighted by Crippen LogP contribution is -2.57. The molecule has 4 aliphatic rings. The molecule has 5 rings (SSSR count). The van der Waals surface area contributed by atoms with E-state index in [1.807, 2.05) is 6.33 Å². The molecule has 1 amide bonds. The molecule has 1 aromatic rings. The molecule has 2 saturated heterocycles. The Morgan fingerprint density at radius 3 is 2.70 bits per heavy atom. The van der Waals surface area contributed by atoms with Crippen molar-refractivity contribution in [2.75, 3.05) is 39.3 Å². The van der Waals surface area contributed by atoms with Gasteiger partial charge in [-0.05, 0) is 51.6 Å². The summed E-state index contributed by atoms with van der Waals surface area (Å²) in [7, 11) is 0. The molecule has 1 spiro atoms. The predicted molar refractivity (Wildman–Crippen MR) is 104 cm³/mol. The number of fused-ring (bicyclic) bond motifs is 3. The highest BCUT2D eigenvalue weighted by Gasteiger charge is 2.58. The quantitative estimate of drug-likeness (QED) is 0.793. The lowest BCUT2D eigenvalue weighted by Gasteiger charge is -2.50. The van der Waals surface area contributed by atoms with E-state index in [0.717, 1.165) is 58.5 Å². The highest BCUT2D eigenvalue weighted by atomic mass is 16.2. The summed E-state index contributed by atoms with van der Waals surface area (Å²) in [6, 6.07) is 0. The molecule has 146 valence electrons. The summed E-state index contributed by atoms with van der Waals surface area (Å²) in [5.74, 6) is 1.93. The number of allylic oxidation sites excluding steroid dienone is 1. The minimum absolute atomic E-state index is 0.0166. The van der Waals surface area contributed by atoms with Crippen LogP contribution in [-0.4, -0.2) is 64.9 Å². The largest absolute Gasteiger partial charge is 0.348 e. The Balaban J connectivity index is 1.34. The molecule has 1 saturated carbocycles. The van der Waals surface area contributed by atoms with Crippen molar-refractivity contribution in [3.8, 4) is 0 Å². The van der Waals surface area contributed by atoms with E-state index >= 15 is 0 Å². The molecule has 6 heteroatoms. The van der Waals surface area contributed by atoms with Gasteiger partial charge in [0.25, 0.3) is 0 Å². The van der Waals surface area contributed by atoms with Crippen molar-refractivity contribution in [3.05, 3.63) is 29.4 Å². The molecule has 0 aromatic carbocycles. The van der Waals surface area contributed by atoms with Crippen molar-refractivity contribution in [2.24, 2.45) is 17.8 Å². The van der Waals surface area contributed by atoms with E-state index in [1.165, 1.54) is 17.0 Å². The number of carbonyl (C=O) groups excluding carboxylic acids is 1. The summed E-state index contributed by atoms with van der Waals surface area (Å²) in [6.45, 7) is 10.2. The normalized spacial score (nSPS) is 31.5. The second-order valence-electron chi connectivity index (χ2n) is 9.08. The van der Waals surface area contributed by atoms with Crippen LogP contribution in [0.25, 0.3) is 0 Å². The smallest absolute Gasteiger partial charge is 0.226 e. The predicted octanol–water partition coefficient (Wildman–Crippen LogP) is 1.52. The number of rotatable bonds is 3. The van der Waals surface area contributed by atoms with Gasteiger partial charge in [0.15, 0.2) is 0 Å². The number of likely N-dealkylation sites (tertiary alicyclic amines) is 1. The number of aromatic amines is 1. The maximum atomic E-state index is 13.0. The van der Waals surface area contributed by atoms with Crippen LogP contribution >= 0.6 is 0 Å². The first-order valence-corrected chi connectivity index (χ1v) is 10.5. The average Bonchev–Trinajstić information content (AvgIpc) is 3.05. The van der Waals surface area contributed by atoms with Gasteiger partial charge in [0.2, 0.25) is 5.91 Å². The molecule has 3 fully saturated rings. The van der Waals surface area contributed by atoms with Gasteiger partial charge in [0.1, 0.15) is 0 Å². The Morgan fingerprint density at radius 1 is 1.26 bits per heavy atom. The van der Waals surface area contributed by atoms with Crippen molar-refractivity contribution < 1.29 is 4.79 Å². The van der Waals surface area contributed by atoms with Crippen molar-refractivity contribution >= 4 is 5.91 Å². The molecule has 0 radical (unpaired) electrons. The van der Waals surface area contributed by atoms with Gasteiger partial charge >= 0.3 is 0 Å². The zero-order valence-corrected chi connectivity index (χ0v) is 16.5. The second kappa shape index (κ2) is 6.45. The highest BCUT2D eigenvalue weighted by Crippen LogP contribution is 2.50. The first-order valence-electron chi connectivity index (χ1n) is 10.5. The summed E-state index contributed by atoms with van der Waals surface area (Å²) in [5, 5.41) is 3.40. The maximum absolute atomic E-state index is 13.0. The molecule has 3 atom stereocenters. The molecule has 1 aromatic heterocycles. The molecule has 1 unspecified atom stereocenters. The van der Waals surface area contributed by atoms with Crippen LogP contribution in [0.2, 0.25) is 0 Å². The summed E-state index contributed by atoms with van der Waals surface area (Å²) < 4.78 is 0. The van der Waals surface area contributed by atoms with Crippen molar-refractivity contribution in [1.82, 2.24) is 25.1 Å². The van der Waals surface area contributed by atoms with Crippen LogP contribution in [0.15, 0.2) is 18.0 Å². The summed E-state index contributed by atoms with van der Waals surface area (Å²) in [5.41, 5.74) is 3.87. The van der Waals surface area contributed by atoms with E-state index < -0.39 is 0 Å². The third kappa shape index (κ3) is 2.76. The Kier molecular flexibility index (Phi) is 4.17. The number of amides is 1. The SMILES string of the molecule is CC(C)=CCN1CCc2[nH]cnc2C12CCN(C(=O)C1[C@H]3CNC[C@@H]13)CC2. The monoisotopic (exact) mass is 369 g/mol. The number of carbonyl (C=O) groups is 1. The molecule has 6 nitrogen and oxygen atoms in total. The fraction of sp³-hybridized carbons (Fsp3) is 0.714. The van der Waals surface area contributed by atoms with Gasteiger partial charge in [-0.15, -0.1) is 0 Å². The van der Waals surface area contributed by atoms with Gasteiger partial charge in [0.05, 0.1) is 17.6 Å². The van der Waals surface area contributed by atoms with Crippen LogP contribution in [-0.2, 0) is 16.8 Å². The minimum atomic E-state index is -0.0166. The standard InChI is InChI=1S/C21H31N5O/c1-14(2)3-7-26-8-4-17-19(24-13-23-17)21(26)5-9-25(10-6-21)20(27)18-15-11-22-12-16(15)18/h3,13,15-16,18,22H,4-12H2,1-2H3,(H,23,24)/t15-,16+,18?. The van der Waals surface area contributed by atoms with E-state index in [4.69, 9.17) is 4.98 Å². The lowest BCUT2D eigenvalue weighted by molar-refractivity contribution is -0.136. The highest BCUT2D eigenvalue weighted by molar-refractivity contribution is 5.83. The molecular weight excluding hydrogens is 338 g/mol. The van der Waals surface area contributed by atoms with E-state index in [0.29, 0.717) is 23.7 Å². The summed E-state index contributed by atoms with van der Waals surface area (Å²) in [4.78, 5) is 25.9. The molecule has 1 aliphatic carbocycles. The van der Waals surface area contributed by atoms with Crippen LogP contribution < -0.4 is 5.32 Å². The summed E-state index contributed by atoms with van der Waals surface area (Å²) in [6.07, 6.45) is 7.21. The van der Waals surface area contributed by atoms with Gasteiger partial charge in [-0.2, -0.15) is 0 Å². The van der Waals surface area contributed by atoms with Crippen molar-refractivity contribution in [3.63, 3.8) is 0 Å². The molecule has 3 aliphatic heterocycles. The Bertz CT molecular complexity index is 746. The zero-order chi connectivity index (χ0) is 18.6. The number of piperidine rings is 2. The van der Waals surface area contributed by atoms with Crippen LogP contribution in [0, 0.1) is 17.8 Å². The number of H-pyrrole nitrogens is 1. The number of nitrogens with one attached hydrogen (secondary N) is 2. The molecule has 0 bridgehead atoms. The summed E-state index contributed by atoms with van der Waals surface area (Å²) >= 11 is 0. The minimum Gasteiger partial charge on any atom is -0.348 e. The van der Waals surface area contributed by atoms with Crippen molar-refractivity contribution in [1.29, 1.82) is 0 Å². The number of aromatic nitrogens is 2. The number of hydrogen-bond acceptors (Lipinski definition) is 4. The fourth-order valence-electron chi connectivity index (χ4n) is 5.73. The second-order valence-corrected chi connectivity index (χ2v) is 9.08. The number of imidazole rings is 1. The van der Waals surface area contributed by atoms with Gasteiger partial charge < -0.3 is 15.2 Å².